The Morgan fingerprint density at radius 1 is 0.776 bits per heavy atom. The maximum absolute atomic E-state index is 14.6. The molecule has 2 heterocycles. The molecule has 26 heteroatoms. The van der Waals surface area contributed by atoms with Gasteiger partial charge in [-0.25, -0.2) is 0 Å². The van der Waals surface area contributed by atoms with Crippen LogP contribution < -0.4 is 60.2 Å². The molecule has 3 unspecified atom stereocenters. The van der Waals surface area contributed by atoms with Gasteiger partial charge in [0.25, 0.3) is 0 Å². The van der Waals surface area contributed by atoms with Crippen LogP contribution in [0.25, 0.3) is 10.9 Å². The topological polar surface area (TPSA) is 381 Å². The number of unbranched alkanes of at least 4 members (excludes halogenated alkanes) is 1. The molecule has 0 aliphatic carbocycles. The molecule has 0 spiro atoms. The lowest BCUT2D eigenvalue weighted by atomic mass is 10.00. The number of nitrogens with two attached hydrogens (primary N) is 4. The number of amides is 8. The zero-order valence-electron chi connectivity index (χ0n) is 42.5. The van der Waals surface area contributed by atoms with Crippen molar-refractivity contribution in [2.75, 3.05) is 30.3 Å². The summed E-state index contributed by atoms with van der Waals surface area (Å²) in [5.74, 6) is -7.90. The summed E-state index contributed by atoms with van der Waals surface area (Å²) in [5.41, 5.74) is 25.8. The number of aromatic nitrogens is 1. The van der Waals surface area contributed by atoms with Gasteiger partial charge in [0.1, 0.15) is 48.0 Å². The first-order chi connectivity index (χ1) is 36.0. The van der Waals surface area contributed by atoms with E-state index in [2.05, 4.69) is 42.2 Å². The van der Waals surface area contributed by atoms with E-state index in [1.807, 2.05) is 37.3 Å². The van der Waals surface area contributed by atoms with Crippen molar-refractivity contribution in [3.8, 4) is 5.75 Å². The minimum atomic E-state index is -1.54. The molecule has 4 aromatic rings. The molecular formula is C50H68Cl2N12O10S2. The Kier molecular flexibility index (Phi) is 25.0. The number of aliphatic hydroxyl groups excluding tert-OH is 1. The molecule has 414 valence electrons. The van der Waals surface area contributed by atoms with Gasteiger partial charge in [-0.05, 0) is 92.6 Å². The number of hydrogen-bond acceptors (Lipinski definition) is 15. The fourth-order valence-corrected chi connectivity index (χ4v) is 10.4. The van der Waals surface area contributed by atoms with Crippen LogP contribution in [0.5, 0.6) is 5.75 Å². The molecule has 3 aromatic carbocycles. The van der Waals surface area contributed by atoms with Gasteiger partial charge in [0.05, 0.1) is 28.4 Å². The number of carbonyl (C=O) groups is 8. The number of halogens is 2. The zero-order valence-corrected chi connectivity index (χ0v) is 45.6. The third kappa shape index (κ3) is 19.1. The van der Waals surface area contributed by atoms with Gasteiger partial charge in [0.2, 0.25) is 47.3 Å². The summed E-state index contributed by atoms with van der Waals surface area (Å²) in [7, 11) is 1.99. The molecular weight excluding hydrogens is 1060 g/mol. The van der Waals surface area contributed by atoms with Crippen LogP contribution in [-0.4, -0.2) is 135 Å². The predicted molar refractivity (Wildman–Crippen MR) is 296 cm³/mol. The first-order valence-corrected chi connectivity index (χ1v) is 27.5. The van der Waals surface area contributed by atoms with E-state index in [1.54, 1.807) is 32.2 Å². The highest BCUT2D eigenvalue weighted by Crippen LogP contribution is 2.26. The monoisotopic (exact) mass is 1130 g/mol. The van der Waals surface area contributed by atoms with Gasteiger partial charge in [0.15, 0.2) is 0 Å². The molecule has 1 aliphatic rings. The predicted octanol–water partition coefficient (Wildman–Crippen LogP) is 0.941. The molecule has 18 N–H and O–H groups in total. The molecule has 0 bridgehead atoms. The molecule has 1 saturated heterocycles. The van der Waals surface area contributed by atoms with Gasteiger partial charge in [-0.2, -0.15) is 0 Å². The normalized spacial score (nSPS) is 21.1. The summed E-state index contributed by atoms with van der Waals surface area (Å²) >= 11 is 11.9. The van der Waals surface area contributed by atoms with Crippen molar-refractivity contribution >= 4 is 109 Å². The molecule has 8 amide bonds. The Morgan fingerprint density at radius 3 is 2.04 bits per heavy atom. The number of fused-ring (bicyclic) bond motifs is 1. The summed E-state index contributed by atoms with van der Waals surface area (Å²) in [5, 5.41) is 40.1. The third-order valence-electron chi connectivity index (χ3n) is 11.9. The number of nitrogens with one attached hydrogen (secondary N) is 8. The van der Waals surface area contributed by atoms with Gasteiger partial charge < -0.3 is 75.3 Å². The number of carbonyl (C=O) groups excluding carboxylic acids is 8. The average molecular weight is 1130 g/mol. The SMILES string of the molecule is CC(C)C1NC(=O)[C@H](CCCCN)NC(=O)[C@@H](Cc2c[nH]c3ccccc23)NC(=O)[C@H](Cc2ccc(O)c(Cl)c2)NC(=O)[C@H](NC(=O)CN)CSSC[C@H](C(=O)NC(C(N)=O)C(C)O)NC1=O.Cc1ccc(N)c(Cl)c1. The number of hydrogen-bond donors (Lipinski definition) is 14. The smallest absolute Gasteiger partial charge is 0.244 e. The minimum Gasteiger partial charge on any atom is -0.506 e. The molecule has 22 nitrogen and oxygen atoms in total. The zero-order chi connectivity index (χ0) is 56.2. The Morgan fingerprint density at radius 2 is 1.42 bits per heavy atom. The number of H-pyrrole nitrogens is 1. The van der Waals surface area contributed by atoms with Crippen LogP contribution in [0.3, 0.4) is 0 Å². The molecule has 0 saturated carbocycles. The second-order valence-electron chi connectivity index (χ2n) is 18.4. The summed E-state index contributed by atoms with van der Waals surface area (Å²) < 4.78 is 0. The average Bonchev–Trinajstić information content (AvgIpc) is 3.78. The molecule has 76 heavy (non-hydrogen) atoms. The van der Waals surface area contributed by atoms with E-state index in [-0.39, 0.29) is 48.1 Å². The van der Waals surface area contributed by atoms with Crippen LogP contribution in [0, 0.1) is 12.8 Å². The number of aryl methyl sites for hydroxylation is 1. The van der Waals surface area contributed by atoms with E-state index >= 15 is 0 Å². The number of aromatic hydroxyl groups is 1. The molecule has 1 aliphatic heterocycles. The van der Waals surface area contributed by atoms with Gasteiger partial charge in [-0.15, -0.1) is 0 Å². The number of aliphatic hydroxyl groups is 1. The first-order valence-electron chi connectivity index (χ1n) is 24.3. The van der Waals surface area contributed by atoms with E-state index in [1.165, 1.54) is 25.1 Å². The lowest BCUT2D eigenvalue weighted by Crippen LogP contribution is -2.62. The summed E-state index contributed by atoms with van der Waals surface area (Å²) in [4.78, 5) is 113. The number of phenols is 1. The fourth-order valence-electron chi connectivity index (χ4n) is 7.65. The van der Waals surface area contributed by atoms with Gasteiger partial charge >= 0.3 is 0 Å². The van der Waals surface area contributed by atoms with Crippen molar-refractivity contribution in [2.45, 2.75) is 108 Å². The number of nitrogen functional groups attached to an aromatic ring is 1. The summed E-state index contributed by atoms with van der Waals surface area (Å²) in [6.45, 7) is 6.29. The van der Waals surface area contributed by atoms with Gasteiger partial charge in [-0.1, -0.05) is 89.0 Å². The summed E-state index contributed by atoms with van der Waals surface area (Å²) in [6.07, 6.45) is 0.878. The third-order valence-corrected chi connectivity index (χ3v) is 15.0. The van der Waals surface area contributed by atoms with E-state index in [9.17, 15) is 48.6 Å². The molecule has 1 fully saturated rings. The van der Waals surface area contributed by atoms with Crippen LogP contribution in [-0.2, 0) is 51.2 Å². The van der Waals surface area contributed by atoms with Crippen molar-refractivity contribution in [3.63, 3.8) is 0 Å². The fraction of sp³-hybridized carbons (Fsp3) is 0.440. The molecule has 1 aromatic heterocycles. The van der Waals surface area contributed by atoms with Crippen molar-refractivity contribution in [1.82, 2.24) is 42.2 Å². The Hall–Kier alpha value is -6.28. The largest absolute Gasteiger partial charge is 0.506 e. The number of phenolic OH excluding ortho intramolecular Hbond substituents is 1. The number of para-hydroxylation sites is 1. The number of anilines is 1. The molecule has 8 atom stereocenters. The highest BCUT2D eigenvalue weighted by molar-refractivity contribution is 8.76. The van der Waals surface area contributed by atoms with E-state index in [0.717, 1.165) is 38.1 Å². The van der Waals surface area contributed by atoms with Crippen LogP contribution in [0.2, 0.25) is 10.0 Å². The van der Waals surface area contributed by atoms with E-state index < -0.39 is 108 Å². The highest BCUT2D eigenvalue weighted by Gasteiger charge is 2.36. The van der Waals surface area contributed by atoms with E-state index in [0.29, 0.717) is 34.7 Å². The summed E-state index contributed by atoms with van der Waals surface area (Å²) in [6, 6.07) is 7.41. The van der Waals surface area contributed by atoms with Crippen LogP contribution in [0.1, 0.15) is 56.7 Å². The quantitative estimate of drug-likeness (QED) is 0.0448. The second-order valence-corrected chi connectivity index (χ2v) is 21.7. The van der Waals surface area contributed by atoms with Crippen molar-refractivity contribution in [3.05, 3.63) is 93.6 Å². The number of rotatable bonds is 15. The number of benzene rings is 3. The maximum atomic E-state index is 14.6. The minimum absolute atomic E-state index is 0.0351. The van der Waals surface area contributed by atoms with Crippen LogP contribution in [0.15, 0.2) is 66.9 Å². The Bertz CT molecular complexity index is 2680. The second kappa shape index (κ2) is 30.5. The maximum Gasteiger partial charge on any atom is 0.244 e. The van der Waals surface area contributed by atoms with Gasteiger partial charge in [-0.3, -0.25) is 38.4 Å². The van der Waals surface area contributed by atoms with Gasteiger partial charge in [0, 0.05) is 41.4 Å². The first kappa shape index (κ1) is 62.3. The lowest BCUT2D eigenvalue weighted by molar-refractivity contribution is -0.136. The number of aromatic amines is 1. The van der Waals surface area contributed by atoms with Crippen molar-refractivity contribution < 1.29 is 48.6 Å². The Balaban J connectivity index is 0.00000125. The van der Waals surface area contributed by atoms with Crippen LogP contribution in [0.4, 0.5) is 5.69 Å². The Labute approximate surface area is 458 Å². The lowest BCUT2D eigenvalue weighted by Gasteiger charge is -2.29. The molecule has 5 rings (SSSR count). The van der Waals surface area contributed by atoms with Crippen molar-refractivity contribution in [2.24, 2.45) is 23.1 Å². The molecule has 0 radical (unpaired) electrons. The van der Waals surface area contributed by atoms with Crippen molar-refractivity contribution in [1.29, 1.82) is 0 Å². The standard InChI is InChI=1S/C43H60ClN11O10S2.C7H8ClN/c1-21(2)35-43(65)53-32(42(64)55-36(22(3)56)37(47)59)20-67-66-19-31(49-34(58)17-46)41(63)51-29(15-23-11-12-33(57)26(44)14-23)39(61)52-30(16-24-18-48-27-9-5-4-8-25(24)27)40(62)50-28(38(60)54-35)10-6-7-13-45;1-5-2-3-7(9)6(8)4-5/h4-5,8-9,11-12,14,18,21-22,28-32,35-36,48,56-57H,6-7,10,13,15-17,19-20,45-46H2,1-3H3,(H2,47,59)(H,49,58)(H,50,62)(H,51,63)(H,52,61)(H,53,65)(H,54,60)(H,55,64);2-4H,9H2,1H3/t22?,28-,29-,30+,31+,32+,35?,36?;/m0./s1. The highest BCUT2D eigenvalue weighted by atomic mass is 35.5. The van der Waals surface area contributed by atoms with E-state index in [4.69, 9.17) is 46.1 Å². The number of primary amides is 1. The van der Waals surface area contributed by atoms with Crippen LogP contribution >= 0.6 is 44.8 Å².